The lowest BCUT2D eigenvalue weighted by Crippen LogP contribution is -2.42. The van der Waals surface area contributed by atoms with Crippen molar-refractivity contribution in [3.05, 3.63) is 42.4 Å². The molecule has 150 valence electrons. The summed E-state index contributed by atoms with van der Waals surface area (Å²) in [6.07, 6.45) is 7.90. The molecule has 1 aliphatic rings. The van der Waals surface area contributed by atoms with E-state index in [1.807, 2.05) is 12.1 Å². The maximum atomic E-state index is 12.3. The van der Waals surface area contributed by atoms with Crippen molar-refractivity contribution in [3.8, 4) is 11.3 Å². The van der Waals surface area contributed by atoms with E-state index in [1.165, 1.54) is 0 Å². The van der Waals surface area contributed by atoms with Gasteiger partial charge in [-0.2, -0.15) is 0 Å². The van der Waals surface area contributed by atoms with Crippen molar-refractivity contribution in [2.45, 2.75) is 44.8 Å². The second-order valence-electron chi connectivity index (χ2n) is 7.27. The zero-order valence-corrected chi connectivity index (χ0v) is 16.2. The average Bonchev–Trinajstić information content (AvgIpc) is 3.11. The molecule has 2 amide bonds. The number of hydrogen-bond donors (Lipinski definition) is 4. The molecule has 5 N–H and O–H groups in total. The van der Waals surface area contributed by atoms with Crippen LogP contribution in [-0.2, 0) is 6.42 Å². The van der Waals surface area contributed by atoms with Crippen LogP contribution < -0.4 is 16.4 Å². The Morgan fingerprint density at radius 2 is 2.17 bits per heavy atom. The summed E-state index contributed by atoms with van der Waals surface area (Å²) in [5, 5.41) is 17.0. The molecular weight excluding hydrogens is 368 g/mol. The van der Waals surface area contributed by atoms with Gasteiger partial charge in [0, 0.05) is 29.5 Å². The number of hydrogen-bond acceptors (Lipinski definition) is 6. The topological polar surface area (TPSA) is 126 Å². The van der Waals surface area contributed by atoms with E-state index < -0.39 is 6.10 Å². The molecular formula is C21H24N6O2. The van der Waals surface area contributed by atoms with E-state index in [0.29, 0.717) is 23.4 Å². The highest BCUT2D eigenvalue weighted by Crippen LogP contribution is 2.29. The van der Waals surface area contributed by atoms with Crippen LogP contribution in [-0.4, -0.2) is 38.2 Å². The molecule has 0 bridgehead atoms. The minimum absolute atomic E-state index is 0.222. The van der Waals surface area contributed by atoms with Crippen LogP contribution in [0.4, 0.5) is 16.4 Å². The summed E-state index contributed by atoms with van der Waals surface area (Å²) >= 11 is 0. The molecule has 0 spiro atoms. The Kier molecular flexibility index (Phi) is 5.26. The number of nitrogens with zero attached hydrogens (tertiary/aromatic N) is 3. The molecule has 0 saturated heterocycles. The van der Waals surface area contributed by atoms with Gasteiger partial charge in [0.15, 0.2) is 0 Å². The predicted molar refractivity (Wildman–Crippen MR) is 112 cm³/mol. The van der Waals surface area contributed by atoms with Crippen molar-refractivity contribution in [3.63, 3.8) is 0 Å². The summed E-state index contributed by atoms with van der Waals surface area (Å²) in [6.45, 7) is 2.08. The standard InChI is InChI=1S/C21H24N6O2/c1-2-12-6-7-23-10-14(12)17-8-13-9-19(24-11-15(13)20(22)25-17)27-21(29)26-16-4-3-5-18(16)28/h6-11,16,18,28H,2-5H2,1H3,(H2,22,25)(H2,24,26,27,29)/t16-,18-/m0/s1. The number of carbonyl (C=O) groups excluding carboxylic acids is 1. The zero-order valence-electron chi connectivity index (χ0n) is 16.2. The van der Waals surface area contributed by atoms with Gasteiger partial charge in [0.05, 0.1) is 17.8 Å². The van der Waals surface area contributed by atoms with Crippen LogP contribution in [0.1, 0.15) is 31.7 Å². The van der Waals surface area contributed by atoms with Crippen LogP contribution in [0, 0.1) is 0 Å². The van der Waals surface area contributed by atoms with Gasteiger partial charge in [-0.25, -0.2) is 14.8 Å². The monoisotopic (exact) mass is 392 g/mol. The van der Waals surface area contributed by atoms with Crippen LogP contribution in [0.5, 0.6) is 0 Å². The second-order valence-corrected chi connectivity index (χ2v) is 7.27. The van der Waals surface area contributed by atoms with Crippen LogP contribution in [0.25, 0.3) is 22.0 Å². The first kappa shape index (κ1) is 19.1. The van der Waals surface area contributed by atoms with Crippen molar-refractivity contribution in [2.75, 3.05) is 11.1 Å². The Hall–Kier alpha value is -3.26. The molecule has 4 rings (SSSR count). The van der Waals surface area contributed by atoms with Gasteiger partial charge in [0.2, 0.25) is 0 Å². The van der Waals surface area contributed by atoms with Gasteiger partial charge < -0.3 is 16.2 Å². The molecule has 1 aliphatic carbocycles. The Labute approximate surface area is 168 Å². The third kappa shape index (κ3) is 3.97. The Morgan fingerprint density at radius 3 is 2.93 bits per heavy atom. The summed E-state index contributed by atoms with van der Waals surface area (Å²) < 4.78 is 0. The molecule has 3 aromatic rings. The molecule has 29 heavy (non-hydrogen) atoms. The van der Waals surface area contributed by atoms with E-state index in [4.69, 9.17) is 5.73 Å². The molecule has 2 atom stereocenters. The molecule has 8 nitrogen and oxygen atoms in total. The minimum Gasteiger partial charge on any atom is -0.391 e. The number of pyridine rings is 3. The Morgan fingerprint density at radius 1 is 1.31 bits per heavy atom. The third-order valence-electron chi connectivity index (χ3n) is 5.35. The number of fused-ring (bicyclic) bond motifs is 1. The number of aromatic nitrogens is 3. The lowest BCUT2D eigenvalue weighted by molar-refractivity contribution is 0.151. The number of rotatable bonds is 4. The first-order valence-corrected chi connectivity index (χ1v) is 9.80. The summed E-state index contributed by atoms with van der Waals surface area (Å²) in [6, 6.07) is 5.06. The lowest BCUT2D eigenvalue weighted by atomic mass is 10.0. The molecule has 0 aromatic carbocycles. The molecule has 3 aromatic heterocycles. The van der Waals surface area contributed by atoms with Crippen molar-refractivity contribution >= 4 is 28.4 Å². The predicted octanol–water partition coefficient (Wildman–Crippen LogP) is 2.87. The number of urea groups is 1. The van der Waals surface area contributed by atoms with Crippen molar-refractivity contribution < 1.29 is 9.90 Å². The van der Waals surface area contributed by atoms with Gasteiger partial charge >= 0.3 is 6.03 Å². The van der Waals surface area contributed by atoms with E-state index in [-0.39, 0.29) is 12.1 Å². The second kappa shape index (κ2) is 8.00. The number of carbonyl (C=O) groups is 1. The summed E-state index contributed by atoms with van der Waals surface area (Å²) in [5.74, 6) is 0.780. The van der Waals surface area contributed by atoms with Crippen LogP contribution in [0.2, 0.25) is 0 Å². The lowest BCUT2D eigenvalue weighted by Gasteiger charge is -2.16. The molecule has 0 aliphatic heterocycles. The zero-order chi connectivity index (χ0) is 20.4. The first-order chi connectivity index (χ1) is 14.0. The SMILES string of the molecule is CCc1ccncc1-c1cc2cc(NC(=O)N[C@H]3CCC[C@@H]3O)ncc2c(N)n1. The van der Waals surface area contributed by atoms with Gasteiger partial charge in [-0.1, -0.05) is 6.92 Å². The quantitative estimate of drug-likeness (QED) is 0.541. The molecule has 0 unspecified atom stereocenters. The van der Waals surface area contributed by atoms with Crippen LogP contribution >= 0.6 is 0 Å². The Balaban J connectivity index is 1.62. The number of nitrogens with one attached hydrogen (secondary N) is 2. The minimum atomic E-state index is -0.494. The smallest absolute Gasteiger partial charge is 0.320 e. The van der Waals surface area contributed by atoms with Crippen molar-refractivity contribution in [2.24, 2.45) is 0 Å². The number of anilines is 2. The third-order valence-corrected chi connectivity index (χ3v) is 5.35. The van der Waals surface area contributed by atoms with Crippen molar-refractivity contribution in [1.29, 1.82) is 0 Å². The highest BCUT2D eigenvalue weighted by molar-refractivity contribution is 5.97. The number of aryl methyl sites for hydroxylation is 1. The fraction of sp³-hybridized carbons (Fsp3) is 0.333. The summed E-state index contributed by atoms with van der Waals surface area (Å²) in [4.78, 5) is 25.3. The van der Waals surface area contributed by atoms with Gasteiger partial charge in [-0.05, 0) is 54.8 Å². The number of aliphatic hydroxyl groups is 1. The maximum absolute atomic E-state index is 12.3. The molecule has 1 saturated carbocycles. The van der Waals surface area contributed by atoms with Crippen LogP contribution in [0.3, 0.4) is 0 Å². The highest BCUT2D eigenvalue weighted by Gasteiger charge is 2.26. The number of aliphatic hydroxyl groups excluding tert-OH is 1. The van der Waals surface area contributed by atoms with E-state index in [0.717, 1.165) is 41.5 Å². The first-order valence-electron chi connectivity index (χ1n) is 9.80. The number of amides is 2. The summed E-state index contributed by atoms with van der Waals surface area (Å²) in [5.41, 5.74) is 8.96. The van der Waals surface area contributed by atoms with Gasteiger partial charge in [-0.15, -0.1) is 0 Å². The van der Waals surface area contributed by atoms with E-state index >= 15 is 0 Å². The molecule has 0 radical (unpaired) electrons. The van der Waals surface area contributed by atoms with Gasteiger partial charge in [-0.3, -0.25) is 10.3 Å². The van der Waals surface area contributed by atoms with Crippen molar-refractivity contribution in [1.82, 2.24) is 20.3 Å². The van der Waals surface area contributed by atoms with E-state index in [2.05, 4.69) is 32.5 Å². The molecule has 1 fully saturated rings. The summed E-state index contributed by atoms with van der Waals surface area (Å²) in [7, 11) is 0. The largest absolute Gasteiger partial charge is 0.391 e. The fourth-order valence-corrected chi connectivity index (χ4v) is 3.77. The molecule has 3 heterocycles. The highest BCUT2D eigenvalue weighted by atomic mass is 16.3. The number of nitrogens with two attached hydrogens (primary N) is 1. The Bertz CT molecular complexity index is 1050. The maximum Gasteiger partial charge on any atom is 0.320 e. The van der Waals surface area contributed by atoms with Gasteiger partial charge in [0.1, 0.15) is 11.6 Å². The molecule has 8 heteroatoms. The van der Waals surface area contributed by atoms with E-state index in [9.17, 15) is 9.90 Å². The fourth-order valence-electron chi connectivity index (χ4n) is 3.77. The van der Waals surface area contributed by atoms with Crippen LogP contribution in [0.15, 0.2) is 36.8 Å². The number of nitrogen functional groups attached to an aromatic ring is 1. The van der Waals surface area contributed by atoms with Gasteiger partial charge in [0.25, 0.3) is 0 Å². The van der Waals surface area contributed by atoms with E-state index in [1.54, 1.807) is 24.7 Å². The average molecular weight is 392 g/mol. The normalized spacial score (nSPS) is 18.7.